The van der Waals surface area contributed by atoms with Gasteiger partial charge >= 0.3 is 0 Å². The maximum absolute atomic E-state index is 12.2. The van der Waals surface area contributed by atoms with Crippen LogP contribution >= 0.6 is 0 Å². The highest BCUT2D eigenvalue weighted by atomic mass is 16.5. The Balaban J connectivity index is 1.34. The lowest BCUT2D eigenvalue weighted by atomic mass is 9.48. The molecule has 1 atom stereocenters. The van der Waals surface area contributed by atoms with Gasteiger partial charge in [-0.1, -0.05) is 0 Å². The first-order valence-corrected chi connectivity index (χ1v) is 8.88. The number of hydrogen-bond acceptors (Lipinski definition) is 4. The Morgan fingerprint density at radius 2 is 1.96 bits per heavy atom. The van der Waals surface area contributed by atoms with Gasteiger partial charge in [-0.2, -0.15) is 0 Å². The van der Waals surface area contributed by atoms with E-state index in [1.165, 1.54) is 38.5 Å². The van der Waals surface area contributed by atoms with Gasteiger partial charge in [-0.3, -0.25) is 4.79 Å². The predicted octanol–water partition coefficient (Wildman–Crippen LogP) is 3.08. The number of ether oxygens (including phenoxy) is 1. The number of carbonyl (C=O) groups is 1. The molecule has 0 saturated heterocycles. The molecule has 1 aromatic rings. The molecule has 0 aliphatic heterocycles. The van der Waals surface area contributed by atoms with E-state index in [0.717, 1.165) is 17.8 Å². The van der Waals surface area contributed by atoms with Gasteiger partial charge in [-0.15, -0.1) is 0 Å². The number of aryl methyl sites for hydroxylation is 1. The fourth-order valence-electron chi connectivity index (χ4n) is 5.70. The zero-order valence-electron chi connectivity index (χ0n) is 14.0. The lowest BCUT2D eigenvalue weighted by Crippen LogP contribution is -2.56. The molecule has 5 rings (SSSR count). The van der Waals surface area contributed by atoms with Crippen molar-refractivity contribution in [3.8, 4) is 5.88 Å². The van der Waals surface area contributed by atoms with Crippen LogP contribution in [0.15, 0.2) is 10.6 Å². The summed E-state index contributed by atoms with van der Waals surface area (Å²) in [5, 5.41) is 6.94. The predicted molar refractivity (Wildman–Crippen MR) is 84.9 cm³/mol. The quantitative estimate of drug-likeness (QED) is 0.906. The molecule has 0 spiro atoms. The first kappa shape index (κ1) is 15.0. The normalized spacial score (nSPS) is 36.0. The van der Waals surface area contributed by atoms with Gasteiger partial charge in [0.1, 0.15) is 5.76 Å². The minimum absolute atomic E-state index is 0.00266. The zero-order chi connectivity index (χ0) is 16.0. The maximum Gasteiger partial charge on any atom is 0.258 e. The summed E-state index contributed by atoms with van der Waals surface area (Å²) in [4.78, 5) is 12.2. The van der Waals surface area contributed by atoms with E-state index in [-0.39, 0.29) is 18.6 Å². The van der Waals surface area contributed by atoms with Gasteiger partial charge in [0, 0.05) is 12.1 Å². The fourth-order valence-corrected chi connectivity index (χ4v) is 5.70. The van der Waals surface area contributed by atoms with E-state index < -0.39 is 0 Å². The number of rotatable bonds is 5. The van der Waals surface area contributed by atoms with Crippen LogP contribution in [-0.4, -0.2) is 23.7 Å². The topological polar surface area (TPSA) is 64.4 Å². The number of aromatic nitrogens is 1. The van der Waals surface area contributed by atoms with Crippen LogP contribution < -0.4 is 10.1 Å². The van der Waals surface area contributed by atoms with E-state index in [1.807, 2.05) is 0 Å². The van der Waals surface area contributed by atoms with Gasteiger partial charge in [-0.05, 0) is 80.7 Å². The zero-order valence-corrected chi connectivity index (χ0v) is 14.0. The lowest BCUT2D eigenvalue weighted by molar-refractivity contribution is -0.127. The first-order valence-electron chi connectivity index (χ1n) is 8.88. The van der Waals surface area contributed by atoms with Crippen LogP contribution in [0.3, 0.4) is 0 Å². The van der Waals surface area contributed by atoms with Crippen molar-refractivity contribution < 1.29 is 14.1 Å². The Morgan fingerprint density at radius 1 is 1.35 bits per heavy atom. The van der Waals surface area contributed by atoms with Crippen LogP contribution in [-0.2, 0) is 4.79 Å². The van der Waals surface area contributed by atoms with Crippen LogP contribution in [0.2, 0.25) is 0 Å². The maximum atomic E-state index is 12.2. The third-order valence-corrected chi connectivity index (χ3v) is 6.34. The molecule has 5 heteroatoms. The van der Waals surface area contributed by atoms with Crippen molar-refractivity contribution in [1.29, 1.82) is 0 Å². The number of amides is 1. The van der Waals surface area contributed by atoms with Crippen LogP contribution in [0.4, 0.5) is 0 Å². The molecular weight excluding hydrogens is 292 g/mol. The largest absolute Gasteiger partial charge is 0.465 e. The van der Waals surface area contributed by atoms with Crippen molar-refractivity contribution in [3.05, 3.63) is 11.8 Å². The molecule has 4 saturated carbocycles. The number of nitrogens with one attached hydrogen (secondary N) is 1. The lowest BCUT2D eigenvalue weighted by Gasteiger charge is -2.59. The van der Waals surface area contributed by atoms with E-state index >= 15 is 0 Å². The van der Waals surface area contributed by atoms with E-state index in [9.17, 15) is 4.79 Å². The summed E-state index contributed by atoms with van der Waals surface area (Å²) in [6, 6.07) is 1.92. The fraction of sp³-hybridized carbons (Fsp3) is 0.778. The summed E-state index contributed by atoms with van der Waals surface area (Å²) in [5.74, 6) is 3.69. The van der Waals surface area contributed by atoms with Crippen LogP contribution in [0, 0.1) is 30.1 Å². The summed E-state index contributed by atoms with van der Waals surface area (Å²) in [6.07, 6.45) is 8.16. The second-order valence-electron chi connectivity index (χ2n) is 8.13. The molecule has 0 radical (unpaired) electrons. The molecular formula is C18H26N2O3. The molecule has 126 valence electrons. The second kappa shape index (κ2) is 5.53. The van der Waals surface area contributed by atoms with Gasteiger partial charge in [0.15, 0.2) is 6.61 Å². The monoisotopic (exact) mass is 318 g/mol. The molecule has 1 amide bonds. The average molecular weight is 318 g/mol. The van der Waals surface area contributed by atoms with Gasteiger partial charge in [0.25, 0.3) is 11.8 Å². The van der Waals surface area contributed by atoms with Gasteiger partial charge < -0.3 is 14.6 Å². The van der Waals surface area contributed by atoms with Crippen molar-refractivity contribution in [3.63, 3.8) is 0 Å². The van der Waals surface area contributed by atoms with Crippen LogP contribution in [0.25, 0.3) is 0 Å². The first-order chi connectivity index (χ1) is 11.0. The Hall–Kier alpha value is -1.52. The van der Waals surface area contributed by atoms with E-state index in [4.69, 9.17) is 9.26 Å². The Kier molecular flexibility index (Phi) is 3.62. The molecule has 1 aromatic heterocycles. The molecule has 4 aliphatic rings. The smallest absolute Gasteiger partial charge is 0.258 e. The average Bonchev–Trinajstić information content (AvgIpc) is 2.89. The number of nitrogens with zero attached hydrogens (tertiary/aromatic N) is 1. The second-order valence-corrected chi connectivity index (χ2v) is 8.13. The highest BCUT2D eigenvalue weighted by molar-refractivity contribution is 5.77. The summed E-state index contributed by atoms with van der Waals surface area (Å²) >= 11 is 0. The van der Waals surface area contributed by atoms with Crippen molar-refractivity contribution in [2.45, 2.75) is 58.4 Å². The highest BCUT2D eigenvalue weighted by Crippen LogP contribution is 2.61. The summed E-state index contributed by atoms with van der Waals surface area (Å²) in [7, 11) is 0. The Bertz CT molecular complexity index is 560. The number of carbonyl (C=O) groups excluding carboxylic acids is 1. The Morgan fingerprint density at radius 3 is 2.48 bits per heavy atom. The molecule has 4 bridgehead atoms. The molecule has 1 N–H and O–H groups in total. The van der Waals surface area contributed by atoms with Crippen molar-refractivity contribution in [2.75, 3.05) is 6.61 Å². The molecule has 4 fully saturated rings. The van der Waals surface area contributed by atoms with Crippen molar-refractivity contribution >= 4 is 5.91 Å². The molecule has 1 unspecified atom stereocenters. The number of hydrogen-bond donors (Lipinski definition) is 1. The SMILES string of the molecule is Cc1cc(OCC(=O)NC(C)C23CC4CC(CC(C4)C2)C3)no1. The summed E-state index contributed by atoms with van der Waals surface area (Å²) in [6.45, 7) is 3.99. The standard InChI is InChI=1S/C18H26N2O3/c1-11-3-17(20-23-11)22-10-16(21)19-12(2)18-7-13-4-14(8-18)6-15(5-13)9-18/h3,12-15H,4-10H2,1-2H3,(H,19,21). The van der Waals surface area contributed by atoms with E-state index in [0.29, 0.717) is 17.1 Å². The highest BCUT2D eigenvalue weighted by Gasteiger charge is 2.53. The molecule has 5 nitrogen and oxygen atoms in total. The minimum Gasteiger partial charge on any atom is -0.465 e. The third kappa shape index (κ3) is 2.86. The van der Waals surface area contributed by atoms with Crippen molar-refractivity contribution in [2.24, 2.45) is 23.2 Å². The molecule has 4 aliphatic carbocycles. The van der Waals surface area contributed by atoms with Crippen molar-refractivity contribution in [1.82, 2.24) is 10.5 Å². The summed E-state index contributed by atoms with van der Waals surface area (Å²) in [5.41, 5.74) is 0.328. The molecule has 1 heterocycles. The van der Waals surface area contributed by atoms with Gasteiger partial charge in [0.2, 0.25) is 0 Å². The summed E-state index contributed by atoms with van der Waals surface area (Å²) < 4.78 is 10.3. The van der Waals surface area contributed by atoms with Gasteiger partial charge in [0.05, 0.1) is 0 Å². The minimum atomic E-state index is -0.0612. The van der Waals surface area contributed by atoms with Gasteiger partial charge in [-0.25, -0.2) is 0 Å². The Labute approximate surface area is 137 Å². The van der Waals surface area contributed by atoms with E-state index in [2.05, 4.69) is 17.4 Å². The van der Waals surface area contributed by atoms with E-state index in [1.54, 1.807) is 13.0 Å². The molecule has 0 aromatic carbocycles. The van der Waals surface area contributed by atoms with Crippen LogP contribution in [0.5, 0.6) is 5.88 Å². The molecule has 23 heavy (non-hydrogen) atoms. The van der Waals surface area contributed by atoms with Crippen LogP contribution in [0.1, 0.15) is 51.2 Å². The third-order valence-electron chi connectivity index (χ3n) is 6.34.